The molecule has 29 heavy (non-hydrogen) atoms. The molecule has 2 N–H and O–H groups in total. The van der Waals surface area contributed by atoms with Crippen LogP contribution in [-0.4, -0.2) is 39.1 Å². The maximum Gasteiger partial charge on any atom is 0.253 e. The van der Waals surface area contributed by atoms with Gasteiger partial charge in [-0.05, 0) is 57.0 Å². The Morgan fingerprint density at radius 2 is 1.69 bits per heavy atom. The Labute approximate surface area is 172 Å². The van der Waals surface area contributed by atoms with Gasteiger partial charge in [-0.3, -0.25) is 13.9 Å². The molecule has 8 heteroatoms. The van der Waals surface area contributed by atoms with Crippen LogP contribution in [0.25, 0.3) is 0 Å². The van der Waals surface area contributed by atoms with Crippen LogP contribution in [-0.2, 0) is 14.8 Å². The molecule has 0 saturated carbocycles. The largest absolute Gasteiger partial charge is 0.350 e. The van der Waals surface area contributed by atoms with E-state index in [1.54, 1.807) is 36.4 Å². The smallest absolute Gasteiger partial charge is 0.253 e. The molecule has 2 aromatic carbocycles. The molecule has 0 fully saturated rings. The number of carbonyl (C=O) groups is 2. The molecule has 0 saturated heterocycles. The van der Waals surface area contributed by atoms with Gasteiger partial charge in [-0.25, -0.2) is 8.42 Å². The first-order valence-corrected chi connectivity index (χ1v) is 11.1. The van der Waals surface area contributed by atoms with E-state index in [2.05, 4.69) is 10.6 Å². The number of rotatable bonds is 7. The third-order valence-electron chi connectivity index (χ3n) is 4.40. The van der Waals surface area contributed by atoms with Crippen molar-refractivity contribution in [3.63, 3.8) is 0 Å². The third-order valence-corrected chi connectivity index (χ3v) is 5.52. The Kier molecular flexibility index (Phi) is 7.02. The minimum absolute atomic E-state index is 0.0590. The monoisotopic (exact) mass is 417 g/mol. The van der Waals surface area contributed by atoms with Gasteiger partial charge in [0.2, 0.25) is 15.9 Å². The molecule has 0 aliphatic carbocycles. The molecule has 156 valence electrons. The maximum atomic E-state index is 12.7. The van der Waals surface area contributed by atoms with E-state index in [4.69, 9.17) is 0 Å². The summed E-state index contributed by atoms with van der Waals surface area (Å²) < 4.78 is 25.8. The minimum Gasteiger partial charge on any atom is -0.350 e. The average molecular weight is 418 g/mol. The summed E-state index contributed by atoms with van der Waals surface area (Å²) in [6.07, 6.45) is 1.06. The molecule has 7 nitrogen and oxygen atoms in total. The van der Waals surface area contributed by atoms with Crippen LogP contribution in [0, 0.1) is 13.8 Å². The first kappa shape index (κ1) is 22.4. The van der Waals surface area contributed by atoms with E-state index in [0.717, 1.165) is 21.7 Å². The highest BCUT2D eigenvalue weighted by atomic mass is 32.2. The van der Waals surface area contributed by atoms with Gasteiger partial charge in [0.15, 0.2) is 0 Å². The average Bonchev–Trinajstić information content (AvgIpc) is 2.61. The summed E-state index contributed by atoms with van der Waals surface area (Å²) in [5.74, 6) is -0.855. The van der Waals surface area contributed by atoms with Crippen LogP contribution >= 0.6 is 0 Å². The molecule has 0 spiro atoms. The fourth-order valence-corrected chi connectivity index (χ4v) is 3.74. The highest BCUT2D eigenvalue weighted by Crippen LogP contribution is 2.25. The number of para-hydroxylation sites is 1. The number of hydrogen-bond donors (Lipinski definition) is 2. The Bertz CT molecular complexity index is 1020. The van der Waals surface area contributed by atoms with E-state index >= 15 is 0 Å². The van der Waals surface area contributed by atoms with Crippen LogP contribution in [0.4, 0.5) is 11.4 Å². The molecule has 2 amide bonds. The van der Waals surface area contributed by atoms with Crippen molar-refractivity contribution in [2.75, 3.05) is 22.4 Å². The topological polar surface area (TPSA) is 95.6 Å². The molecule has 0 aliphatic heterocycles. The molecule has 0 aromatic heterocycles. The normalized spacial score (nSPS) is 11.2. The van der Waals surface area contributed by atoms with Gasteiger partial charge in [-0.2, -0.15) is 0 Å². The molecule has 0 unspecified atom stereocenters. The fraction of sp³-hybridized carbons (Fsp3) is 0.333. The molecule has 0 aliphatic rings. The summed E-state index contributed by atoms with van der Waals surface area (Å²) >= 11 is 0. The third kappa shape index (κ3) is 5.80. The Morgan fingerprint density at radius 3 is 2.31 bits per heavy atom. The van der Waals surface area contributed by atoms with Gasteiger partial charge >= 0.3 is 0 Å². The van der Waals surface area contributed by atoms with Gasteiger partial charge < -0.3 is 10.6 Å². The predicted octanol–water partition coefficient (Wildman–Crippen LogP) is 2.85. The van der Waals surface area contributed by atoms with Crippen molar-refractivity contribution in [3.8, 4) is 0 Å². The van der Waals surface area contributed by atoms with Crippen LogP contribution in [0.3, 0.4) is 0 Å². The first-order chi connectivity index (χ1) is 13.5. The van der Waals surface area contributed by atoms with Crippen LogP contribution in [0.5, 0.6) is 0 Å². The lowest BCUT2D eigenvalue weighted by molar-refractivity contribution is -0.114. The molecular formula is C21H27N3O4S. The second-order valence-electron chi connectivity index (χ2n) is 7.21. The number of carbonyl (C=O) groups excluding carboxylic acids is 2. The van der Waals surface area contributed by atoms with Crippen molar-refractivity contribution in [2.24, 2.45) is 0 Å². The number of nitrogens with zero attached hydrogens (tertiary/aromatic N) is 1. The number of nitrogens with one attached hydrogen (secondary N) is 2. The Morgan fingerprint density at radius 1 is 1.03 bits per heavy atom. The SMILES string of the molecule is Cc1cccc(N(CC(=O)Nc2ccccc2C(=O)NC(C)C)S(C)(=O)=O)c1C. The lowest BCUT2D eigenvalue weighted by atomic mass is 10.1. The number of anilines is 2. The van der Waals surface area contributed by atoms with Crippen molar-refractivity contribution < 1.29 is 18.0 Å². The molecule has 0 atom stereocenters. The number of hydrogen-bond acceptors (Lipinski definition) is 4. The summed E-state index contributed by atoms with van der Waals surface area (Å²) in [7, 11) is -3.69. The molecule has 0 radical (unpaired) electrons. The highest BCUT2D eigenvalue weighted by molar-refractivity contribution is 7.92. The zero-order chi connectivity index (χ0) is 21.8. The minimum atomic E-state index is -3.69. The van der Waals surface area contributed by atoms with E-state index in [1.165, 1.54) is 0 Å². The van der Waals surface area contributed by atoms with E-state index in [9.17, 15) is 18.0 Å². The fourth-order valence-electron chi connectivity index (χ4n) is 2.84. The summed E-state index contributed by atoms with van der Waals surface area (Å²) in [5.41, 5.74) is 2.79. The zero-order valence-electron chi connectivity index (χ0n) is 17.3. The number of aryl methyl sites for hydroxylation is 1. The quantitative estimate of drug-likeness (QED) is 0.724. The van der Waals surface area contributed by atoms with Gasteiger partial charge in [0.25, 0.3) is 5.91 Å². The van der Waals surface area contributed by atoms with Gasteiger partial charge in [-0.15, -0.1) is 0 Å². The second-order valence-corrected chi connectivity index (χ2v) is 9.12. The lowest BCUT2D eigenvalue weighted by Crippen LogP contribution is -2.38. The number of amides is 2. The first-order valence-electron chi connectivity index (χ1n) is 9.24. The van der Waals surface area contributed by atoms with Crippen LogP contribution < -0.4 is 14.9 Å². The van der Waals surface area contributed by atoms with Crippen molar-refractivity contribution in [1.82, 2.24) is 5.32 Å². The lowest BCUT2D eigenvalue weighted by Gasteiger charge is -2.24. The molecule has 2 rings (SSSR count). The number of sulfonamides is 1. The standard InChI is InChI=1S/C21H27N3O4S/c1-14(2)22-21(26)17-10-6-7-11-18(17)23-20(25)13-24(29(5,27)28)19-12-8-9-15(3)16(19)4/h6-12,14H,13H2,1-5H3,(H,22,26)(H,23,25). The molecule has 0 bridgehead atoms. The van der Waals surface area contributed by atoms with Gasteiger partial charge in [-0.1, -0.05) is 24.3 Å². The van der Waals surface area contributed by atoms with Crippen molar-refractivity contribution in [1.29, 1.82) is 0 Å². The molecule has 0 heterocycles. The van der Waals surface area contributed by atoms with Crippen LogP contribution in [0.15, 0.2) is 42.5 Å². The molecule has 2 aromatic rings. The maximum absolute atomic E-state index is 12.7. The van der Waals surface area contributed by atoms with E-state index in [1.807, 2.05) is 33.8 Å². The Hall–Kier alpha value is -2.87. The van der Waals surface area contributed by atoms with Crippen molar-refractivity contribution in [2.45, 2.75) is 33.7 Å². The highest BCUT2D eigenvalue weighted by Gasteiger charge is 2.23. The van der Waals surface area contributed by atoms with E-state index < -0.39 is 22.5 Å². The van der Waals surface area contributed by atoms with Crippen molar-refractivity contribution >= 4 is 33.2 Å². The summed E-state index contributed by atoms with van der Waals surface area (Å²) in [6.45, 7) is 6.97. The molecular weight excluding hydrogens is 390 g/mol. The summed E-state index contributed by atoms with van der Waals surface area (Å²) in [5, 5.41) is 5.45. The summed E-state index contributed by atoms with van der Waals surface area (Å²) in [6, 6.07) is 11.8. The predicted molar refractivity (Wildman–Crippen MR) is 116 cm³/mol. The van der Waals surface area contributed by atoms with Crippen LogP contribution in [0.2, 0.25) is 0 Å². The summed E-state index contributed by atoms with van der Waals surface area (Å²) in [4.78, 5) is 25.1. The zero-order valence-corrected chi connectivity index (χ0v) is 18.1. The second kappa shape index (κ2) is 9.09. The van der Waals surface area contributed by atoms with Gasteiger partial charge in [0.05, 0.1) is 23.2 Å². The van der Waals surface area contributed by atoms with Crippen LogP contribution in [0.1, 0.15) is 35.3 Å². The Balaban J connectivity index is 2.29. The van der Waals surface area contributed by atoms with E-state index in [0.29, 0.717) is 16.9 Å². The van der Waals surface area contributed by atoms with Gasteiger partial charge in [0.1, 0.15) is 6.54 Å². The van der Waals surface area contributed by atoms with Crippen molar-refractivity contribution in [3.05, 3.63) is 59.2 Å². The van der Waals surface area contributed by atoms with Gasteiger partial charge in [0, 0.05) is 6.04 Å². The number of benzene rings is 2. The van der Waals surface area contributed by atoms with E-state index in [-0.39, 0.29) is 11.9 Å².